The number of carbonyl (C=O) groups is 1. The number of amides is 1. The van der Waals surface area contributed by atoms with Crippen LogP contribution in [0.3, 0.4) is 0 Å². The fourth-order valence-corrected chi connectivity index (χ4v) is 4.12. The SMILES string of the molecule is CSCCn1cc(C(=O)N=C(N)C2(c3ccc(-c4cnc(N)nc4)cc3)CCC2)cn1. The van der Waals surface area contributed by atoms with Gasteiger partial charge in [-0.3, -0.25) is 9.48 Å². The predicted octanol–water partition coefficient (Wildman–Crippen LogP) is 2.90. The van der Waals surface area contributed by atoms with Crippen LogP contribution in [0.4, 0.5) is 5.95 Å². The van der Waals surface area contributed by atoms with Crippen molar-refractivity contribution in [1.82, 2.24) is 19.7 Å². The van der Waals surface area contributed by atoms with Gasteiger partial charge in [-0.25, -0.2) is 9.97 Å². The van der Waals surface area contributed by atoms with E-state index in [2.05, 4.69) is 20.1 Å². The van der Waals surface area contributed by atoms with Crippen molar-refractivity contribution in [3.05, 3.63) is 60.2 Å². The molecule has 2 heterocycles. The molecule has 1 saturated carbocycles. The molecule has 31 heavy (non-hydrogen) atoms. The second-order valence-corrected chi connectivity index (χ2v) is 8.62. The van der Waals surface area contributed by atoms with E-state index in [0.717, 1.165) is 48.3 Å². The van der Waals surface area contributed by atoms with E-state index >= 15 is 0 Å². The predicted molar refractivity (Wildman–Crippen MR) is 124 cm³/mol. The molecule has 2 aromatic heterocycles. The minimum absolute atomic E-state index is 0.247. The minimum atomic E-state index is -0.402. The lowest BCUT2D eigenvalue weighted by atomic mass is 9.63. The van der Waals surface area contributed by atoms with Gasteiger partial charge in [-0.05, 0) is 30.2 Å². The van der Waals surface area contributed by atoms with Gasteiger partial charge in [0.25, 0.3) is 5.91 Å². The standard InChI is InChI=1S/C22H25N7OS/c1-31-10-9-29-14-17(13-27-29)19(30)28-20(23)22(7-2-8-22)18-5-3-15(4-6-18)16-11-25-21(24)26-12-16/h3-6,11-14H,2,7-10H2,1H3,(H2,23,28,30)(H2,24,25,26). The van der Waals surface area contributed by atoms with Crippen molar-refractivity contribution in [3.63, 3.8) is 0 Å². The second-order valence-electron chi connectivity index (χ2n) is 7.63. The van der Waals surface area contributed by atoms with E-state index < -0.39 is 5.41 Å². The van der Waals surface area contributed by atoms with E-state index in [1.165, 1.54) is 0 Å². The number of nitrogens with zero attached hydrogens (tertiary/aromatic N) is 5. The zero-order valence-corrected chi connectivity index (χ0v) is 18.2. The largest absolute Gasteiger partial charge is 0.386 e. The lowest BCUT2D eigenvalue weighted by Crippen LogP contribution is -2.47. The van der Waals surface area contributed by atoms with Gasteiger partial charge in [-0.1, -0.05) is 30.7 Å². The number of thioether (sulfide) groups is 1. The summed E-state index contributed by atoms with van der Waals surface area (Å²) in [5.74, 6) is 1.19. The molecular weight excluding hydrogens is 410 g/mol. The molecule has 0 saturated heterocycles. The van der Waals surface area contributed by atoms with Crippen molar-refractivity contribution < 1.29 is 4.79 Å². The first kappa shape index (κ1) is 21.0. The van der Waals surface area contributed by atoms with Crippen molar-refractivity contribution in [2.24, 2.45) is 10.7 Å². The Hall–Kier alpha value is -3.20. The summed E-state index contributed by atoms with van der Waals surface area (Å²) >= 11 is 1.73. The van der Waals surface area contributed by atoms with E-state index in [1.54, 1.807) is 41.2 Å². The number of amidine groups is 1. The highest BCUT2D eigenvalue weighted by Gasteiger charge is 2.42. The summed E-state index contributed by atoms with van der Waals surface area (Å²) in [4.78, 5) is 25.0. The average molecular weight is 436 g/mol. The van der Waals surface area contributed by atoms with Crippen molar-refractivity contribution in [2.45, 2.75) is 31.2 Å². The molecule has 3 aromatic rings. The Balaban J connectivity index is 1.54. The maximum absolute atomic E-state index is 12.7. The van der Waals surface area contributed by atoms with E-state index in [-0.39, 0.29) is 11.9 Å². The number of anilines is 1. The van der Waals surface area contributed by atoms with Gasteiger partial charge in [0.05, 0.1) is 17.2 Å². The molecule has 4 rings (SSSR count). The number of nitrogens with two attached hydrogens (primary N) is 2. The first-order chi connectivity index (χ1) is 15.0. The van der Waals surface area contributed by atoms with Crippen LogP contribution in [0.25, 0.3) is 11.1 Å². The van der Waals surface area contributed by atoms with Crippen LogP contribution in [-0.4, -0.2) is 43.5 Å². The lowest BCUT2D eigenvalue weighted by molar-refractivity contribution is 0.100. The molecule has 8 nitrogen and oxygen atoms in total. The number of hydrogen-bond donors (Lipinski definition) is 2. The summed E-state index contributed by atoms with van der Waals surface area (Å²) in [5.41, 5.74) is 15.0. The van der Waals surface area contributed by atoms with Crippen LogP contribution in [0, 0.1) is 0 Å². The molecule has 0 aliphatic heterocycles. The Bertz CT molecular complexity index is 1090. The molecule has 0 spiro atoms. The number of aliphatic imine (C=N–C) groups is 1. The lowest BCUT2D eigenvalue weighted by Gasteiger charge is -2.41. The molecule has 0 atom stereocenters. The van der Waals surface area contributed by atoms with Crippen molar-refractivity contribution in [3.8, 4) is 11.1 Å². The zero-order chi connectivity index (χ0) is 21.8. The number of aromatic nitrogens is 4. The van der Waals surface area contributed by atoms with Gasteiger partial charge < -0.3 is 11.5 Å². The zero-order valence-electron chi connectivity index (χ0n) is 17.4. The number of carbonyl (C=O) groups excluding carboxylic acids is 1. The topological polar surface area (TPSA) is 125 Å². The molecule has 4 N–H and O–H groups in total. The highest BCUT2D eigenvalue weighted by molar-refractivity contribution is 7.98. The maximum Gasteiger partial charge on any atom is 0.281 e. The van der Waals surface area contributed by atoms with Crippen LogP contribution >= 0.6 is 11.8 Å². The minimum Gasteiger partial charge on any atom is -0.386 e. The summed E-state index contributed by atoms with van der Waals surface area (Å²) < 4.78 is 1.76. The molecule has 1 amide bonds. The third-order valence-corrected chi connectivity index (χ3v) is 6.36. The molecule has 9 heteroatoms. The van der Waals surface area contributed by atoms with Crippen molar-refractivity contribution >= 4 is 29.5 Å². The Labute approximate surface area is 185 Å². The van der Waals surface area contributed by atoms with Crippen LogP contribution in [-0.2, 0) is 12.0 Å². The molecule has 0 radical (unpaired) electrons. The fourth-order valence-electron chi connectivity index (χ4n) is 3.75. The van der Waals surface area contributed by atoms with Gasteiger partial charge in [0, 0.05) is 36.5 Å². The summed E-state index contributed by atoms with van der Waals surface area (Å²) in [5, 5.41) is 4.23. The van der Waals surface area contributed by atoms with Crippen LogP contribution in [0.2, 0.25) is 0 Å². The summed E-state index contributed by atoms with van der Waals surface area (Å²) in [6, 6.07) is 8.10. The van der Waals surface area contributed by atoms with Crippen molar-refractivity contribution in [2.75, 3.05) is 17.7 Å². The number of rotatable bonds is 7. The maximum atomic E-state index is 12.7. The second kappa shape index (κ2) is 8.89. The highest BCUT2D eigenvalue weighted by atomic mass is 32.2. The van der Waals surface area contributed by atoms with E-state index in [1.807, 2.05) is 30.5 Å². The Kier molecular flexibility index (Phi) is 6.03. The summed E-state index contributed by atoms with van der Waals surface area (Å²) in [6.45, 7) is 0.753. The van der Waals surface area contributed by atoms with E-state index in [4.69, 9.17) is 11.5 Å². The molecule has 0 bridgehead atoms. The monoisotopic (exact) mass is 435 g/mol. The molecule has 1 aromatic carbocycles. The van der Waals surface area contributed by atoms with E-state index in [9.17, 15) is 4.79 Å². The first-order valence-electron chi connectivity index (χ1n) is 10.1. The van der Waals surface area contributed by atoms with Gasteiger partial charge in [0.15, 0.2) is 0 Å². The molecule has 1 aliphatic carbocycles. The summed E-state index contributed by atoms with van der Waals surface area (Å²) in [6.07, 6.45) is 11.5. The number of benzene rings is 1. The summed E-state index contributed by atoms with van der Waals surface area (Å²) in [7, 11) is 0. The molecular formula is C22H25N7OS. The molecule has 0 unspecified atom stereocenters. The number of nitrogen functional groups attached to an aromatic ring is 1. The van der Waals surface area contributed by atoms with Gasteiger partial charge in [-0.15, -0.1) is 0 Å². The smallest absolute Gasteiger partial charge is 0.281 e. The Morgan fingerprint density at radius 2 is 1.87 bits per heavy atom. The first-order valence-corrected chi connectivity index (χ1v) is 11.5. The normalized spacial score (nSPS) is 15.5. The Morgan fingerprint density at radius 3 is 2.48 bits per heavy atom. The van der Waals surface area contributed by atoms with Gasteiger partial charge in [0.2, 0.25) is 5.95 Å². The van der Waals surface area contributed by atoms with Crippen LogP contribution < -0.4 is 11.5 Å². The van der Waals surface area contributed by atoms with Crippen LogP contribution in [0.1, 0.15) is 35.2 Å². The van der Waals surface area contributed by atoms with Crippen molar-refractivity contribution in [1.29, 1.82) is 0 Å². The van der Waals surface area contributed by atoms with E-state index in [0.29, 0.717) is 11.4 Å². The molecule has 160 valence electrons. The van der Waals surface area contributed by atoms with Crippen LogP contribution in [0.15, 0.2) is 54.0 Å². The highest BCUT2D eigenvalue weighted by Crippen LogP contribution is 2.44. The number of hydrogen-bond acceptors (Lipinski definition) is 6. The molecule has 1 aliphatic rings. The van der Waals surface area contributed by atoms with Gasteiger partial charge >= 0.3 is 0 Å². The Morgan fingerprint density at radius 1 is 1.16 bits per heavy atom. The fraction of sp³-hybridized carbons (Fsp3) is 0.318. The number of aryl methyl sites for hydroxylation is 1. The molecule has 1 fully saturated rings. The van der Waals surface area contributed by atoms with Gasteiger partial charge in [0.1, 0.15) is 5.84 Å². The van der Waals surface area contributed by atoms with Gasteiger partial charge in [-0.2, -0.15) is 21.9 Å². The van der Waals surface area contributed by atoms with Crippen LogP contribution in [0.5, 0.6) is 0 Å². The third kappa shape index (κ3) is 4.32. The average Bonchev–Trinajstić information content (AvgIpc) is 3.22. The quantitative estimate of drug-likeness (QED) is 0.432. The third-order valence-electron chi connectivity index (χ3n) is 5.77.